The fourth-order valence-corrected chi connectivity index (χ4v) is 1.71. The van der Waals surface area contributed by atoms with Crippen molar-refractivity contribution in [2.75, 3.05) is 6.61 Å². The Morgan fingerprint density at radius 1 is 1.35 bits per heavy atom. The smallest absolute Gasteiger partial charge is 0.308 e. The van der Waals surface area contributed by atoms with Crippen molar-refractivity contribution >= 4 is 14.0 Å². The van der Waals surface area contributed by atoms with Gasteiger partial charge in [0.25, 0.3) is 0 Å². The Morgan fingerprint density at radius 2 is 1.94 bits per heavy atom. The second-order valence-electron chi connectivity index (χ2n) is 4.93. The molecule has 0 aromatic heterocycles. The lowest BCUT2D eigenvalue weighted by atomic mass is 10.1. The molecule has 4 nitrogen and oxygen atoms in total. The molecule has 0 aliphatic heterocycles. The molecular weight excluding hydrogens is 236 g/mol. The van der Waals surface area contributed by atoms with Gasteiger partial charge in [-0.3, -0.25) is 4.79 Å². The molecule has 0 aromatic carbocycles. The van der Waals surface area contributed by atoms with Gasteiger partial charge in [0, 0.05) is 6.42 Å². The molecule has 17 heavy (non-hydrogen) atoms. The second kappa shape index (κ2) is 7.48. The van der Waals surface area contributed by atoms with Gasteiger partial charge < -0.3 is 14.9 Å². The zero-order valence-corrected chi connectivity index (χ0v) is 12.0. The Kier molecular flexibility index (Phi) is 7.12. The molecule has 5 heteroatoms. The number of ether oxygens (including phenoxy) is 1. The fraction of sp³-hybridized carbons (Fsp3) is 0.750. The average molecular weight is 258 g/mol. The number of aliphatic hydroxyl groups excluding tert-OH is 2. The number of rotatable bonds is 5. The molecule has 0 saturated heterocycles. The van der Waals surface area contributed by atoms with E-state index in [1.165, 1.54) is 0 Å². The third kappa shape index (κ3) is 10.1. The summed E-state index contributed by atoms with van der Waals surface area (Å²) >= 11 is 0. The Labute approximate surface area is 104 Å². The van der Waals surface area contributed by atoms with Crippen molar-refractivity contribution in [3.63, 3.8) is 0 Å². The summed E-state index contributed by atoms with van der Waals surface area (Å²) in [5.74, 6) is 2.26. The minimum Gasteiger partial charge on any atom is -0.466 e. The molecule has 0 bridgehead atoms. The molecule has 0 heterocycles. The van der Waals surface area contributed by atoms with E-state index < -0.39 is 26.3 Å². The van der Waals surface area contributed by atoms with Crippen LogP contribution in [0.2, 0.25) is 19.6 Å². The highest BCUT2D eigenvalue weighted by molar-refractivity contribution is 6.83. The summed E-state index contributed by atoms with van der Waals surface area (Å²) in [5, 5.41) is 19.1. The first-order valence-electron chi connectivity index (χ1n) is 5.79. The van der Waals surface area contributed by atoms with Crippen LogP contribution in [0.1, 0.15) is 19.8 Å². The average Bonchev–Trinajstić information content (AvgIpc) is 2.13. The van der Waals surface area contributed by atoms with Gasteiger partial charge in [-0.25, -0.2) is 0 Å². The first-order chi connectivity index (χ1) is 7.74. The summed E-state index contributed by atoms with van der Waals surface area (Å²) in [5.41, 5.74) is 3.02. The second-order valence-corrected chi connectivity index (χ2v) is 9.68. The van der Waals surface area contributed by atoms with E-state index >= 15 is 0 Å². The van der Waals surface area contributed by atoms with E-state index in [4.69, 9.17) is 4.74 Å². The molecule has 0 unspecified atom stereocenters. The molecule has 0 rings (SSSR count). The molecule has 2 atom stereocenters. The maximum atomic E-state index is 11.1. The highest BCUT2D eigenvalue weighted by atomic mass is 28.3. The number of hydrogen-bond acceptors (Lipinski definition) is 4. The molecule has 2 N–H and O–H groups in total. The maximum Gasteiger partial charge on any atom is 0.308 e. The summed E-state index contributed by atoms with van der Waals surface area (Å²) in [6.45, 7) is 8.22. The van der Waals surface area contributed by atoms with E-state index in [1.807, 2.05) is 0 Å². The van der Waals surface area contributed by atoms with Gasteiger partial charge in [0.2, 0.25) is 0 Å². The van der Waals surface area contributed by atoms with E-state index in [-0.39, 0.29) is 12.8 Å². The van der Waals surface area contributed by atoms with Crippen LogP contribution in [0.5, 0.6) is 0 Å². The molecule has 0 fully saturated rings. The predicted octanol–water partition coefficient (Wildman–Crippen LogP) is 0.932. The Hall–Kier alpha value is -0.833. The quantitative estimate of drug-likeness (QED) is 0.437. The van der Waals surface area contributed by atoms with Crippen LogP contribution in [0.25, 0.3) is 0 Å². The standard InChI is InChI=1S/C12H22O4Si/c1-5-16-12(15)9-11(14)8-10(13)6-7-17(2,3)4/h10-11,13-14H,5,8-9H2,1-4H3/t10-,11-/m0/s1. The van der Waals surface area contributed by atoms with Gasteiger partial charge >= 0.3 is 5.97 Å². The molecule has 0 radical (unpaired) electrons. The number of carbonyl (C=O) groups excluding carboxylic acids is 1. The van der Waals surface area contributed by atoms with Crippen LogP contribution in [-0.2, 0) is 9.53 Å². The first kappa shape index (κ1) is 16.2. The number of hydrogen-bond donors (Lipinski definition) is 2. The highest BCUT2D eigenvalue weighted by Crippen LogP contribution is 2.04. The van der Waals surface area contributed by atoms with Crippen molar-refractivity contribution < 1.29 is 19.7 Å². The highest BCUT2D eigenvalue weighted by Gasteiger charge is 2.15. The summed E-state index contributed by atoms with van der Waals surface area (Å²) < 4.78 is 4.70. The Bertz CT molecular complexity index is 298. The van der Waals surface area contributed by atoms with Crippen LogP contribution < -0.4 is 0 Å². The molecule has 0 aliphatic carbocycles. The third-order valence-electron chi connectivity index (χ3n) is 1.82. The van der Waals surface area contributed by atoms with Crippen molar-refractivity contribution in [2.45, 2.75) is 51.6 Å². The van der Waals surface area contributed by atoms with Crippen LogP contribution >= 0.6 is 0 Å². The van der Waals surface area contributed by atoms with Crippen molar-refractivity contribution in [1.82, 2.24) is 0 Å². The van der Waals surface area contributed by atoms with Crippen molar-refractivity contribution in [3.05, 3.63) is 0 Å². The van der Waals surface area contributed by atoms with Crippen LogP contribution in [0.3, 0.4) is 0 Å². The first-order valence-corrected chi connectivity index (χ1v) is 9.29. The van der Waals surface area contributed by atoms with E-state index in [1.54, 1.807) is 6.92 Å². The summed E-state index contributed by atoms with van der Waals surface area (Å²) in [6.07, 6.45) is -1.80. The molecular formula is C12H22O4Si. The number of carbonyl (C=O) groups is 1. The summed E-state index contributed by atoms with van der Waals surface area (Å²) in [7, 11) is -1.51. The molecule has 0 aliphatic rings. The summed E-state index contributed by atoms with van der Waals surface area (Å²) in [4.78, 5) is 11.1. The van der Waals surface area contributed by atoms with Gasteiger partial charge in [-0.2, -0.15) is 0 Å². The maximum absolute atomic E-state index is 11.1. The topological polar surface area (TPSA) is 66.8 Å². The SMILES string of the molecule is CCOC(=O)C[C@@H](O)C[C@@H](O)C#C[Si](C)(C)C. The molecule has 0 amide bonds. The lowest BCUT2D eigenvalue weighted by molar-refractivity contribution is -0.145. The summed E-state index contributed by atoms with van der Waals surface area (Å²) in [6, 6.07) is 0. The fourth-order valence-electron chi connectivity index (χ4n) is 1.11. The van der Waals surface area contributed by atoms with E-state index in [9.17, 15) is 15.0 Å². The lowest BCUT2D eigenvalue weighted by Crippen LogP contribution is -2.22. The monoisotopic (exact) mass is 258 g/mol. The van der Waals surface area contributed by atoms with Crippen molar-refractivity contribution in [3.8, 4) is 11.5 Å². The third-order valence-corrected chi connectivity index (χ3v) is 2.71. The van der Waals surface area contributed by atoms with E-state index in [0.717, 1.165) is 0 Å². The Balaban J connectivity index is 4.07. The van der Waals surface area contributed by atoms with E-state index in [0.29, 0.717) is 6.61 Å². The van der Waals surface area contributed by atoms with Crippen LogP contribution in [0, 0.1) is 11.5 Å². The van der Waals surface area contributed by atoms with Gasteiger partial charge in [0.05, 0.1) is 19.1 Å². The number of aliphatic hydroxyl groups is 2. The van der Waals surface area contributed by atoms with Crippen LogP contribution in [0.15, 0.2) is 0 Å². The predicted molar refractivity (Wildman–Crippen MR) is 69.0 cm³/mol. The lowest BCUT2D eigenvalue weighted by Gasteiger charge is -2.11. The minimum absolute atomic E-state index is 0.0797. The Morgan fingerprint density at radius 3 is 2.41 bits per heavy atom. The molecule has 0 spiro atoms. The van der Waals surface area contributed by atoms with Gasteiger partial charge in [-0.15, -0.1) is 5.54 Å². The van der Waals surface area contributed by atoms with Gasteiger partial charge in [0.1, 0.15) is 14.2 Å². The normalized spacial score (nSPS) is 14.5. The minimum atomic E-state index is -1.51. The zero-order chi connectivity index (χ0) is 13.5. The number of esters is 1. The molecule has 0 aromatic rings. The molecule has 0 saturated carbocycles. The van der Waals surface area contributed by atoms with Crippen LogP contribution in [0.4, 0.5) is 0 Å². The van der Waals surface area contributed by atoms with Crippen molar-refractivity contribution in [2.24, 2.45) is 0 Å². The zero-order valence-electron chi connectivity index (χ0n) is 11.0. The van der Waals surface area contributed by atoms with Crippen LogP contribution in [-0.4, -0.2) is 43.1 Å². The molecule has 98 valence electrons. The van der Waals surface area contributed by atoms with Gasteiger partial charge in [-0.05, 0) is 6.92 Å². The van der Waals surface area contributed by atoms with Crippen molar-refractivity contribution in [1.29, 1.82) is 0 Å². The van der Waals surface area contributed by atoms with Gasteiger partial charge in [-0.1, -0.05) is 25.6 Å². The van der Waals surface area contributed by atoms with E-state index in [2.05, 4.69) is 31.1 Å². The van der Waals surface area contributed by atoms with Gasteiger partial charge in [0.15, 0.2) is 0 Å². The largest absolute Gasteiger partial charge is 0.466 e.